The van der Waals surface area contributed by atoms with E-state index in [4.69, 9.17) is 5.21 Å². The lowest BCUT2D eigenvalue weighted by Crippen LogP contribution is -2.42. The molecule has 0 atom stereocenters. The molecule has 4 heteroatoms. The van der Waals surface area contributed by atoms with Crippen LogP contribution in [-0.2, 0) is 4.79 Å². The highest BCUT2D eigenvalue weighted by molar-refractivity contribution is 5.89. The lowest BCUT2D eigenvalue weighted by Gasteiger charge is -2.29. The quantitative estimate of drug-likeness (QED) is 0.506. The van der Waals surface area contributed by atoms with E-state index in [0.29, 0.717) is 13.1 Å². The van der Waals surface area contributed by atoms with E-state index < -0.39 is 0 Å². The summed E-state index contributed by atoms with van der Waals surface area (Å²) in [5.41, 5.74) is 0.753. The molecular weight excluding hydrogens is 180 g/mol. The molecule has 0 bridgehead atoms. The summed E-state index contributed by atoms with van der Waals surface area (Å²) >= 11 is 0. The molecule has 0 aromatic carbocycles. The Morgan fingerprint density at radius 2 is 2.00 bits per heavy atom. The van der Waals surface area contributed by atoms with Crippen molar-refractivity contribution in [2.24, 2.45) is 10.6 Å². The van der Waals surface area contributed by atoms with E-state index >= 15 is 0 Å². The number of nitrogens with zero attached hydrogens (tertiary/aromatic N) is 2. The first-order valence-electron chi connectivity index (χ1n) is 5.15. The number of piperidine rings is 1. The zero-order valence-electron chi connectivity index (χ0n) is 8.49. The van der Waals surface area contributed by atoms with E-state index in [1.54, 1.807) is 0 Å². The van der Waals surface area contributed by atoms with Crippen LogP contribution in [0.3, 0.4) is 0 Å². The Hall–Kier alpha value is -1.06. The van der Waals surface area contributed by atoms with Gasteiger partial charge in [0.25, 0.3) is 0 Å². The van der Waals surface area contributed by atoms with E-state index in [0.717, 1.165) is 31.4 Å². The van der Waals surface area contributed by atoms with Crippen molar-refractivity contribution >= 4 is 11.6 Å². The summed E-state index contributed by atoms with van der Waals surface area (Å²) in [5, 5.41) is 11.8. The lowest BCUT2D eigenvalue weighted by molar-refractivity contribution is -0.136. The van der Waals surface area contributed by atoms with Crippen LogP contribution in [0.2, 0.25) is 0 Å². The Balaban J connectivity index is 1.92. The fourth-order valence-electron chi connectivity index (χ4n) is 1.85. The van der Waals surface area contributed by atoms with Gasteiger partial charge in [0, 0.05) is 31.3 Å². The first-order valence-corrected chi connectivity index (χ1v) is 5.15. The molecule has 0 spiro atoms. The van der Waals surface area contributed by atoms with E-state index in [1.807, 2.05) is 11.8 Å². The van der Waals surface area contributed by atoms with Crippen LogP contribution in [-0.4, -0.2) is 34.8 Å². The molecule has 0 aromatic heterocycles. The summed E-state index contributed by atoms with van der Waals surface area (Å²) in [6.07, 6.45) is 3.50. The van der Waals surface area contributed by atoms with Gasteiger partial charge in [-0.3, -0.25) is 4.79 Å². The minimum Gasteiger partial charge on any atom is -0.411 e. The summed E-state index contributed by atoms with van der Waals surface area (Å²) in [6, 6.07) is 0. The van der Waals surface area contributed by atoms with Crippen molar-refractivity contribution in [1.82, 2.24) is 4.90 Å². The SMILES string of the molecule is CC1(C(=O)N2CCC(=NO)CC2)CC1. The van der Waals surface area contributed by atoms with Gasteiger partial charge in [-0.1, -0.05) is 12.1 Å². The smallest absolute Gasteiger partial charge is 0.228 e. The molecule has 78 valence electrons. The topological polar surface area (TPSA) is 52.9 Å². The first-order chi connectivity index (χ1) is 6.65. The third-order valence-electron chi connectivity index (χ3n) is 3.29. The molecular formula is C10H16N2O2. The Labute approximate surface area is 83.6 Å². The van der Waals surface area contributed by atoms with E-state index in [1.165, 1.54) is 0 Å². The van der Waals surface area contributed by atoms with Crippen LogP contribution >= 0.6 is 0 Å². The molecule has 1 aliphatic heterocycles. The average Bonchev–Trinajstić information content (AvgIpc) is 2.97. The average molecular weight is 196 g/mol. The number of amides is 1. The van der Waals surface area contributed by atoms with Gasteiger partial charge in [-0.05, 0) is 12.8 Å². The van der Waals surface area contributed by atoms with E-state index in [9.17, 15) is 4.79 Å². The van der Waals surface area contributed by atoms with Gasteiger partial charge < -0.3 is 10.1 Å². The van der Waals surface area contributed by atoms with Crippen LogP contribution in [0.1, 0.15) is 32.6 Å². The van der Waals surface area contributed by atoms with Crippen molar-refractivity contribution in [1.29, 1.82) is 0 Å². The van der Waals surface area contributed by atoms with Gasteiger partial charge in [0.2, 0.25) is 5.91 Å². The number of rotatable bonds is 1. The number of hydrogen-bond donors (Lipinski definition) is 1. The molecule has 1 amide bonds. The number of hydrogen-bond acceptors (Lipinski definition) is 3. The van der Waals surface area contributed by atoms with Crippen LogP contribution in [0.25, 0.3) is 0 Å². The number of carbonyl (C=O) groups excluding carboxylic acids is 1. The molecule has 1 saturated heterocycles. The van der Waals surface area contributed by atoms with Crippen LogP contribution < -0.4 is 0 Å². The van der Waals surface area contributed by atoms with Crippen molar-refractivity contribution in [3.63, 3.8) is 0 Å². The van der Waals surface area contributed by atoms with Gasteiger partial charge in [0.15, 0.2) is 0 Å². The highest BCUT2D eigenvalue weighted by atomic mass is 16.4. The molecule has 2 rings (SSSR count). The van der Waals surface area contributed by atoms with Crippen LogP contribution in [0, 0.1) is 5.41 Å². The normalized spacial score (nSPS) is 24.6. The Morgan fingerprint density at radius 3 is 2.43 bits per heavy atom. The Kier molecular flexibility index (Phi) is 2.21. The second kappa shape index (κ2) is 3.26. The maximum absolute atomic E-state index is 11.9. The first kappa shape index (κ1) is 9.49. The zero-order valence-corrected chi connectivity index (χ0v) is 8.49. The van der Waals surface area contributed by atoms with Crippen LogP contribution in [0.5, 0.6) is 0 Å². The predicted octanol–water partition coefficient (Wildman–Crippen LogP) is 1.24. The maximum Gasteiger partial charge on any atom is 0.228 e. The predicted molar refractivity (Wildman–Crippen MR) is 52.4 cm³/mol. The van der Waals surface area contributed by atoms with Gasteiger partial charge in [-0.15, -0.1) is 0 Å². The Bertz CT molecular complexity index is 272. The summed E-state index contributed by atoms with van der Waals surface area (Å²) in [5.74, 6) is 0.287. The monoisotopic (exact) mass is 196 g/mol. The summed E-state index contributed by atoms with van der Waals surface area (Å²) in [4.78, 5) is 13.8. The van der Waals surface area contributed by atoms with Crippen molar-refractivity contribution in [3.8, 4) is 0 Å². The molecule has 4 nitrogen and oxygen atoms in total. The molecule has 2 aliphatic rings. The zero-order chi connectivity index (χ0) is 10.2. The number of oxime groups is 1. The van der Waals surface area contributed by atoms with Crippen molar-refractivity contribution in [2.75, 3.05) is 13.1 Å². The summed E-state index contributed by atoms with van der Waals surface area (Å²) in [7, 11) is 0. The standard InChI is InChI=1S/C10H16N2O2/c1-10(4-5-10)9(13)12-6-2-8(11-14)3-7-12/h14H,2-7H2,1H3. The molecule has 1 heterocycles. The highest BCUT2D eigenvalue weighted by Gasteiger charge is 2.47. The van der Waals surface area contributed by atoms with Crippen LogP contribution in [0.15, 0.2) is 5.16 Å². The summed E-state index contributed by atoms with van der Waals surface area (Å²) < 4.78 is 0. The molecule has 0 radical (unpaired) electrons. The Morgan fingerprint density at radius 1 is 1.43 bits per heavy atom. The minimum absolute atomic E-state index is 0.0616. The molecule has 2 fully saturated rings. The van der Waals surface area contributed by atoms with Crippen molar-refractivity contribution in [3.05, 3.63) is 0 Å². The molecule has 0 aromatic rings. The molecule has 1 aliphatic carbocycles. The third-order valence-corrected chi connectivity index (χ3v) is 3.29. The van der Waals surface area contributed by atoms with Gasteiger partial charge in [0.1, 0.15) is 0 Å². The fraction of sp³-hybridized carbons (Fsp3) is 0.800. The van der Waals surface area contributed by atoms with Gasteiger partial charge in [0.05, 0.1) is 5.71 Å². The minimum atomic E-state index is -0.0616. The van der Waals surface area contributed by atoms with Gasteiger partial charge in [-0.2, -0.15) is 0 Å². The van der Waals surface area contributed by atoms with E-state index in [-0.39, 0.29) is 11.3 Å². The number of carbonyl (C=O) groups is 1. The highest BCUT2D eigenvalue weighted by Crippen LogP contribution is 2.46. The molecule has 1 saturated carbocycles. The van der Waals surface area contributed by atoms with Crippen molar-refractivity contribution in [2.45, 2.75) is 32.6 Å². The third kappa shape index (κ3) is 1.61. The second-order valence-corrected chi connectivity index (χ2v) is 4.52. The summed E-state index contributed by atoms with van der Waals surface area (Å²) in [6.45, 7) is 3.46. The molecule has 1 N–H and O–H groups in total. The largest absolute Gasteiger partial charge is 0.411 e. The maximum atomic E-state index is 11.9. The fourth-order valence-corrected chi connectivity index (χ4v) is 1.85. The van der Waals surface area contributed by atoms with E-state index in [2.05, 4.69) is 5.16 Å². The second-order valence-electron chi connectivity index (χ2n) is 4.52. The molecule has 0 unspecified atom stereocenters. The van der Waals surface area contributed by atoms with Gasteiger partial charge in [-0.25, -0.2) is 0 Å². The van der Waals surface area contributed by atoms with Gasteiger partial charge >= 0.3 is 0 Å². The van der Waals surface area contributed by atoms with Crippen molar-refractivity contribution < 1.29 is 10.0 Å². The molecule has 14 heavy (non-hydrogen) atoms. The number of likely N-dealkylation sites (tertiary alicyclic amines) is 1. The van der Waals surface area contributed by atoms with Crippen LogP contribution in [0.4, 0.5) is 0 Å². The lowest BCUT2D eigenvalue weighted by atomic mass is 10.0.